The maximum absolute atomic E-state index is 11.9. The van der Waals surface area contributed by atoms with Crippen molar-refractivity contribution in [3.05, 3.63) is 23.9 Å². The molecule has 1 saturated carbocycles. The molecule has 4 heteroatoms. The molecule has 0 spiro atoms. The third-order valence-electron chi connectivity index (χ3n) is 3.52. The van der Waals surface area contributed by atoms with Crippen molar-refractivity contribution in [3.8, 4) is 0 Å². The highest BCUT2D eigenvalue weighted by atomic mass is 16.1. The highest BCUT2D eigenvalue weighted by Gasteiger charge is 2.33. The van der Waals surface area contributed by atoms with E-state index in [0.29, 0.717) is 17.5 Å². The van der Waals surface area contributed by atoms with Crippen LogP contribution in [0.2, 0.25) is 0 Å². The zero-order valence-electron chi connectivity index (χ0n) is 11.3. The molecule has 98 valence electrons. The fraction of sp³-hybridized carbons (Fsp3) is 0.571. The van der Waals surface area contributed by atoms with E-state index in [9.17, 15) is 4.79 Å². The van der Waals surface area contributed by atoms with E-state index >= 15 is 0 Å². The van der Waals surface area contributed by atoms with Crippen LogP contribution in [0, 0.1) is 5.92 Å². The molecule has 2 rings (SSSR count). The van der Waals surface area contributed by atoms with Crippen LogP contribution in [0.1, 0.15) is 37.6 Å². The molecule has 1 aromatic heterocycles. The third-order valence-corrected chi connectivity index (χ3v) is 3.52. The van der Waals surface area contributed by atoms with Crippen molar-refractivity contribution in [2.75, 3.05) is 18.0 Å². The fourth-order valence-corrected chi connectivity index (χ4v) is 2.03. The molecule has 1 fully saturated rings. The number of hydrogen-bond acceptors (Lipinski definition) is 3. The van der Waals surface area contributed by atoms with E-state index in [0.717, 1.165) is 25.3 Å². The Balaban J connectivity index is 2.00. The summed E-state index contributed by atoms with van der Waals surface area (Å²) in [7, 11) is 0. The van der Waals surface area contributed by atoms with Crippen molar-refractivity contribution >= 4 is 11.7 Å². The lowest BCUT2D eigenvalue weighted by Crippen LogP contribution is -2.27. The van der Waals surface area contributed by atoms with Gasteiger partial charge in [0.05, 0.1) is 5.56 Å². The molecule has 0 aliphatic heterocycles. The quantitative estimate of drug-likeness (QED) is 0.866. The minimum absolute atomic E-state index is 0.0112. The Hall–Kier alpha value is -1.58. The lowest BCUT2D eigenvalue weighted by molar-refractivity contribution is 0.0949. The number of nitrogens with zero attached hydrogens (tertiary/aromatic N) is 2. The van der Waals surface area contributed by atoms with Crippen LogP contribution in [-0.2, 0) is 0 Å². The maximum atomic E-state index is 11.9. The smallest absolute Gasteiger partial charge is 0.253 e. The Morgan fingerprint density at radius 3 is 2.56 bits per heavy atom. The number of amides is 1. The summed E-state index contributed by atoms with van der Waals surface area (Å²) in [4.78, 5) is 18.4. The van der Waals surface area contributed by atoms with Crippen LogP contribution in [0.3, 0.4) is 0 Å². The summed E-state index contributed by atoms with van der Waals surface area (Å²) in [6, 6.07) is 4.13. The number of carbonyl (C=O) groups is 1. The number of aromatic nitrogens is 1. The van der Waals surface area contributed by atoms with Crippen LogP contribution in [0.5, 0.6) is 0 Å². The van der Waals surface area contributed by atoms with Crippen molar-refractivity contribution in [2.24, 2.45) is 5.92 Å². The molecule has 1 amide bonds. The molecule has 0 aromatic carbocycles. The molecule has 1 N–H and O–H groups in total. The predicted molar refractivity (Wildman–Crippen MR) is 72.8 cm³/mol. The monoisotopic (exact) mass is 247 g/mol. The Morgan fingerprint density at radius 1 is 1.44 bits per heavy atom. The van der Waals surface area contributed by atoms with Gasteiger partial charge in [-0.25, -0.2) is 4.98 Å². The van der Waals surface area contributed by atoms with E-state index in [2.05, 4.69) is 36.0 Å². The number of nitrogens with one attached hydrogen (secondary N) is 1. The Kier molecular flexibility index (Phi) is 3.84. The summed E-state index contributed by atoms with van der Waals surface area (Å²) in [6.07, 6.45) is 2.76. The molecule has 0 unspecified atom stereocenters. The van der Waals surface area contributed by atoms with E-state index in [-0.39, 0.29) is 5.91 Å². The molecular weight excluding hydrogens is 226 g/mol. The molecule has 1 heterocycles. The number of anilines is 1. The van der Waals surface area contributed by atoms with Gasteiger partial charge in [0.1, 0.15) is 5.82 Å². The highest BCUT2D eigenvalue weighted by molar-refractivity contribution is 5.94. The van der Waals surface area contributed by atoms with E-state index < -0.39 is 0 Å². The minimum Gasteiger partial charge on any atom is -0.357 e. The second-order valence-electron chi connectivity index (χ2n) is 4.87. The highest BCUT2D eigenvalue weighted by Crippen LogP contribution is 2.29. The van der Waals surface area contributed by atoms with Gasteiger partial charge in [-0.1, -0.05) is 6.92 Å². The average Bonchev–Trinajstić information content (AvgIpc) is 3.07. The molecule has 1 aromatic rings. The summed E-state index contributed by atoms with van der Waals surface area (Å²) in [5.41, 5.74) is 0.644. The standard InChI is InChI=1S/C14H21N3O/c1-4-17(5-2)13-7-6-11(9-15-13)14(18)16-12-8-10(12)3/h6-7,9-10,12H,4-5,8H2,1-3H3,(H,16,18)/t10-,12+/m1/s1. The van der Waals surface area contributed by atoms with Crippen LogP contribution in [0.25, 0.3) is 0 Å². The van der Waals surface area contributed by atoms with E-state index in [1.807, 2.05) is 12.1 Å². The van der Waals surface area contributed by atoms with Crippen LogP contribution >= 0.6 is 0 Å². The topological polar surface area (TPSA) is 45.2 Å². The van der Waals surface area contributed by atoms with Gasteiger partial charge in [-0.15, -0.1) is 0 Å². The van der Waals surface area contributed by atoms with Crippen LogP contribution in [-0.4, -0.2) is 30.0 Å². The van der Waals surface area contributed by atoms with Crippen molar-refractivity contribution in [2.45, 2.75) is 33.2 Å². The van der Waals surface area contributed by atoms with Gasteiger partial charge < -0.3 is 10.2 Å². The molecule has 0 radical (unpaired) electrons. The molecule has 1 aliphatic rings. The predicted octanol–water partition coefficient (Wildman–Crippen LogP) is 2.07. The van der Waals surface area contributed by atoms with Crippen LogP contribution < -0.4 is 10.2 Å². The fourth-order valence-electron chi connectivity index (χ4n) is 2.03. The van der Waals surface area contributed by atoms with Crippen molar-refractivity contribution in [1.82, 2.24) is 10.3 Å². The number of carbonyl (C=O) groups excluding carboxylic acids is 1. The normalized spacial score (nSPS) is 21.5. The summed E-state index contributed by atoms with van der Waals surface area (Å²) in [5, 5.41) is 3.00. The lowest BCUT2D eigenvalue weighted by Gasteiger charge is -2.19. The van der Waals surface area contributed by atoms with E-state index in [4.69, 9.17) is 0 Å². The van der Waals surface area contributed by atoms with Gasteiger partial charge in [0, 0.05) is 25.3 Å². The molecule has 1 aliphatic carbocycles. The molecule has 0 saturated heterocycles. The lowest BCUT2D eigenvalue weighted by atomic mass is 10.2. The van der Waals surface area contributed by atoms with Gasteiger partial charge >= 0.3 is 0 Å². The molecule has 4 nitrogen and oxygen atoms in total. The van der Waals surface area contributed by atoms with Gasteiger partial charge in [0.2, 0.25) is 0 Å². The van der Waals surface area contributed by atoms with E-state index in [1.165, 1.54) is 0 Å². The first-order chi connectivity index (χ1) is 8.65. The van der Waals surface area contributed by atoms with Gasteiger partial charge in [0.15, 0.2) is 0 Å². The zero-order chi connectivity index (χ0) is 13.1. The van der Waals surface area contributed by atoms with Gasteiger partial charge in [0.25, 0.3) is 5.91 Å². The van der Waals surface area contributed by atoms with Crippen LogP contribution in [0.15, 0.2) is 18.3 Å². The minimum atomic E-state index is -0.0112. The van der Waals surface area contributed by atoms with E-state index in [1.54, 1.807) is 6.20 Å². The number of hydrogen-bond donors (Lipinski definition) is 1. The largest absolute Gasteiger partial charge is 0.357 e. The summed E-state index contributed by atoms with van der Waals surface area (Å²) < 4.78 is 0. The Morgan fingerprint density at radius 2 is 2.11 bits per heavy atom. The molecular formula is C14H21N3O. The van der Waals surface area contributed by atoms with Crippen LogP contribution in [0.4, 0.5) is 5.82 Å². The maximum Gasteiger partial charge on any atom is 0.253 e. The zero-order valence-corrected chi connectivity index (χ0v) is 11.3. The first-order valence-corrected chi connectivity index (χ1v) is 6.67. The first kappa shape index (κ1) is 12.9. The van der Waals surface area contributed by atoms with Crippen molar-refractivity contribution in [3.63, 3.8) is 0 Å². The molecule has 18 heavy (non-hydrogen) atoms. The van der Waals surface area contributed by atoms with Crippen molar-refractivity contribution < 1.29 is 4.79 Å². The summed E-state index contributed by atoms with van der Waals surface area (Å²) in [6.45, 7) is 8.19. The Labute approximate surface area is 108 Å². The Bertz CT molecular complexity index is 412. The molecule has 2 atom stereocenters. The third kappa shape index (κ3) is 2.81. The van der Waals surface area contributed by atoms with Gasteiger partial charge in [-0.05, 0) is 38.3 Å². The van der Waals surface area contributed by atoms with Gasteiger partial charge in [-0.3, -0.25) is 4.79 Å². The number of pyridine rings is 1. The summed E-state index contributed by atoms with van der Waals surface area (Å²) >= 11 is 0. The SMILES string of the molecule is CCN(CC)c1ccc(C(=O)N[C@H]2C[C@H]2C)cn1. The second kappa shape index (κ2) is 5.38. The second-order valence-corrected chi connectivity index (χ2v) is 4.87. The molecule has 0 bridgehead atoms. The first-order valence-electron chi connectivity index (χ1n) is 6.67. The van der Waals surface area contributed by atoms with Crippen molar-refractivity contribution in [1.29, 1.82) is 0 Å². The van der Waals surface area contributed by atoms with Gasteiger partial charge in [-0.2, -0.15) is 0 Å². The number of rotatable bonds is 5. The average molecular weight is 247 g/mol. The summed E-state index contributed by atoms with van der Waals surface area (Å²) in [5.74, 6) is 1.54.